The highest BCUT2D eigenvalue weighted by Gasteiger charge is 2.17. The molecule has 130 valence electrons. The summed E-state index contributed by atoms with van der Waals surface area (Å²) < 4.78 is 1.83. The number of hydrogen-bond donors (Lipinski definition) is 1. The van der Waals surface area contributed by atoms with Crippen molar-refractivity contribution in [3.63, 3.8) is 0 Å². The van der Waals surface area contributed by atoms with Crippen molar-refractivity contribution in [1.29, 1.82) is 0 Å². The van der Waals surface area contributed by atoms with Gasteiger partial charge in [0.25, 0.3) is 5.91 Å². The molecule has 7 heteroatoms. The van der Waals surface area contributed by atoms with E-state index in [2.05, 4.69) is 15.4 Å². The van der Waals surface area contributed by atoms with Gasteiger partial charge in [0.15, 0.2) is 0 Å². The number of thiazole rings is 1. The first-order valence-corrected chi connectivity index (χ1v) is 9.07. The van der Waals surface area contributed by atoms with Gasteiger partial charge in [0.2, 0.25) is 0 Å². The molecule has 0 aliphatic carbocycles. The van der Waals surface area contributed by atoms with Crippen LogP contribution in [0.25, 0.3) is 10.6 Å². The summed E-state index contributed by atoms with van der Waals surface area (Å²) in [7, 11) is 1.90. The maximum Gasteiger partial charge on any atom is 0.263 e. The molecule has 0 bridgehead atoms. The van der Waals surface area contributed by atoms with Crippen LogP contribution in [0.1, 0.15) is 32.3 Å². The van der Waals surface area contributed by atoms with Crippen LogP contribution in [0.5, 0.6) is 0 Å². The molecule has 0 saturated carbocycles. The monoisotopic (exact) mass is 374 g/mol. The Hall–Kier alpha value is -2.18. The van der Waals surface area contributed by atoms with Gasteiger partial charge in [-0.15, -0.1) is 11.3 Å². The molecule has 1 aromatic carbocycles. The number of benzene rings is 1. The minimum atomic E-state index is -0.113. The van der Waals surface area contributed by atoms with E-state index >= 15 is 0 Å². The third kappa shape index (κ3) is 3.60. The molecule has 3 rings (SSSR count). The number of rotatable bonds is 4. The van der Waals surface area contributed by atoms with Gasteiger partial charge in [-0.3, -0.25) is 9.48 Å². The van der Waals surface area contributed by atoms with Gasteiger partial charge in [-0.25, -0.2) is 4.98 Å². The second kappa shape index (κ2) is 6.98. The van der Waals surface area contributed by atoms with Crippen LogP contribution >= 0.6 is 22.9 Å². The Morgan fingerprint density at radius 2 is 1.88 bits per heavy atom. The lowest BCUT2D eigenvalue weighted by Gasteiger charge is -2.05. The van der Waals surface area contributed by atoms with Crippen LogP contribution in [0.2, 0.25) is 5.02 Å². The number of nitrogens with zero attached hydrogens (tertiary/aromatic N) is 3. The van der Waals surface area contributed by atoms with Gasteiger partial charge in [-0.05, 0) is 32.9 Å². The number of aromatic nitrogens is 3. The second-order valence-electron chi connectivity index (χ2n) is 5.90. The van der Waals surface area contributed by atoms with Crippen molar-refractivity contribution >= 4 is 28.8 Å². The van der Waals surface area contributed by atoms with Crippen LogP contribution < -0.4 is 5.32 Å². The first-order chi connectivity index (χ1) is 11.9. The van der Waals surface area contributed by atoms with Crippen molar-refractivity contribution in [2.24, 2.45) is 7.05 Å². The molecule has 2 aromatic heterocycles. The summed E-state index contributed by atoms with van der Waals surface area (Å²) in [5, 5.41) is 8.85. The molecule has 0 atom stereocenters. The van der Waals surface area contributed by atoms with E-state index in [1.807, 2.05) is 56.8 Å². The van der Waals surface area contributed by atoms with Crippen molar-refractivity contribution < 1.29 is 4.79 Å². The lowest BCUT2D eigenvalue weighted by molar-refractivity contribution is 0.0954. The number of nitrogens with one attached hydrogen (secondary N) is 1. The maximum absolute atomic E-state index is 12.6. The van der Waals surface area contributed by atoms with E-state index in [0.717, 1.165) is 33.2 Å². The van der Waals surface area contributed by atoms with Gasteiger partial charge >= 0.3 is 0 Å². The van der Waals surface area contributed by atoms with Crippen molar-refractivity contribution in [2.75, 3.05) is 0 Å². The normalized spacial score (nSPS) is 10.9. The zero-order chi connectivity index (χ0) is 18.1. The Balaban J connectivity index is 1.77. The van der Waals surface area contributed by atoms with E-state index in [9.17, 15) is 4.79 Å². The minimum absolute atomic E-state index is 0.113. The first kappa shape index (κ1) is 17.6. The number of amides is 1. The molecule has 1 amide bonds. The molecule has 0 saturated heterocycles. The van der Waals surface area contributed by atoms with Gasteiger partial charge < -0.3 is 5.32 Å². The predicted molar refractivity (Wildman–Crippen MR) is 101 cm³/mol. The van der Waals surface area contributed by atoms with Crippen LogP contribution in [-0.4, -0.2) is 20.7 Å². The number of carbonyl (C=O) groups excluding carboxylic acids is 1. The molecule has 3 aromatic rings. The predicted octanol–water partition coefficient (Wildman–Crippen LogP) is 4.05. The van der Waals surface area contributed by atoms with Gasteiger partial charge in [0.1, 0.15) is 9.88 Å². The van der Waals surface area contributed by atoms with Crippen molar-refractivity contribution in [1.82, 2.24) is 20.1 Å². The molecular weight excluding hydrogens is 356 g/mol. The number of aryl methyl sites for hydroxylation is 3. The molecule has 0 unspecified atom stereocenters. The van der Waals surface area contributed by atoms with Crippen LogP contribution in [0.15, 0.2) is 24.3 Å². The molecule has 0 radical (unpaired) electrons. The Morgan fingerprint density at radius 3 is 2.48 bits per heavy atom. The van der Waals surface area contributed by atoms with E-state index < -0.39 is 0 Å². The van der Waals surface area contributed by atoms with Crippen LogP contribution in [0.4, 0.5) is 0 Å². The van der Waals surface area contributed by atoms with Gasteiger partial charge in [-0.1, -0.05) is 23.7 Å². The smallest absolute Gasteiger partial charge is 0.263 e. The fourth-order valence-electron chi connectivity index (χ4n) is 2.65. The molecule has 0 fully saturated rings. The molecular formula is C18H19ClN4OS. The first-order valence-electron chi connectivity index (χ1n) is 7.87. The number of hydrogen-bond acceptors (Lipinski definition) is 4. The van der Waals surface area contributed by atoms with Gasteiger partial charge in [0.05, 0.1) is 11.4 Å². The average molecular weight is 375 g/mol. The van der Waals surface area contributed by atoms with E-state index in [4.69, 9.17) is 11.6 Å². The lowest BCUT2D eigenvalue weighted by Crippen LogP contribution is -2.23. The standard InChI is InChI=1S/C18H19ClN4OS/c1-10-15(12(3)23(4)22-10)9-20-17(24)16-11(2)21-18(25-16)13-5-7-14(19)8-6-13/h5-8H,9H2,1-4H3,(H,20,24). The summed E-state index contributed by atoms with van der Waals surface area (Å²) in [5.41, 5.74) is 4.72. The molecule has 0 aliphatic heterocycles. The van der Waals surface area contributed by atoms with Crippen molar-refractivity contribution in [3.05, 3.63) is 56.8 Å². The highest BCUT2D eigenvalue weighted by Crippen LogP contribution is 2.28. The summed E-state index contributed by atoms with van der Waals surface area (Å²) >= 11 is 7.31. The lowest BCUT2D eigenvalue weighted by atomic mass is 10.2. The van der Waals surface area contributed by atoms with E-state index in [1.165, 1.54) is 11.3 Å². The Labute approximate surface area is 155 Å². The third-order valence-electron chi connectivity index (χ3n) is 4.18. The fourth-order valence-corrected chi connectivity index (χ4v) is 3.76. The summed E-state index contributed by atoms with van der Waals surface area (Å²) in [6.45, 7) is 6.26. The minimum Gasteiger partial charge on any atom is -0.347 e. The Bertz CT molecular complexity index is 927. The fraction of sp³-hybridized carbons (Fsp3) is 0.278. The molecule has 25 heavy (non-hydrogen) atoms. The maximum atomic E-state index is 12.6. The SMILES string of the molecule is Cc1nc(-c2ccc(Cl)cc2)sc1C(=O)NCc1c(C)nn(C)c1C. The van der Waals surface area contributed by atoms with Crippen LogP contribution in [0.3, 0.4) is 0 Å². The van der Waals surface area contributed by atoms with Crippen LogP contribution in [0, 0.1) is 20.8 Å². The summed E-state index contributed by atoms with van der Waals surface area (Å²) in [6.07, 6.45) is 0. The topological polar surface area (TPSA) is 59.8 Å². The zero-order valence-corrected chi connectivity index (χ0v) is 16.1. The van der Waals surface area contributed by atoms with E-state index in [0.29, 0.717) is 16.4 Å². The van der Waals surface area contributed by atoms with E-state index in [1.54, 1.807) is 0 Å². The average Bonchev–Trinajstić information content (AvgIpc) is 3.07. The molecule has 2 heterocycles. The molecule has 5 nitrogen and oxygen atoms in total. The van der Waals surface area contributed by atoms with Crippen molar-refractivity contribution in [2.45, 2.75) is 27.3 Å². The van der Waals surface area contributed by atoms with Gasteiger partial charge in [0, 0.05) is 35.4 Å². The summed E-state index contributed by atoms with van der Waals surface area (Å²) in [5.74, 6) is -0.113. The summed E-state index contributed by atoms with van der Waals surface area (Å²) in [4.78, 5) is 17.7. The second-order valence-corrected chi connectivity index (χ2v) is 7.33. The quantitative estimate of drug-likeness (QED) is 0.749. The van der Waals surface area contributed by atoms with Crippen molar-refractivity contribution in [3.8, 4) is 10.6 Å². The molecule has 1 N–H and O–H groups in total. The third-order valence-corrected chi connectivity index (χ3v) is 5.64. The molecule has 0 aliphatic rings. The Morgan fingerprint density at radius 1 is 1.20 bits per heavy atom. The zero-order valence-electron chi connectivity index (χ0n) is 14.6. The number of carbonyl (C=O) groups is 1. The largest absolute Gasteiger partial charge is 0.347 e. The van der Waals surface area contributed by atoms with E-state index in [-0.39, 0.29) is 5.91 Å². The molecule has 0 spiro atoms. The van der Waals surface area contributed by atoms with Crippen LogP contribution in [-0.2, 0) is 13.6 Å². The van der Waals surface area contributed by atoms with Gasteiger partial charge in [-0.2, -0.15) is 5.10 Å². The summed E-state index contributed by atoms with van der Waals surface area (Å²) in [6, 6.07) is 7.46. The number of halogens is 1. The highest BCUT2D eigenvalue weighted by atomic mass is 35.5. The highest BCUT2D eigenvalue weighted by molar-refractivity contribution is 7.17. The Kier molecular flexibility index (Phi) is 4.92.